The van der Waals surface area contributed by atoms with Crippen molar-refractivity contribution in [2.24, 2.45) is 0 Å². The summed E-state index contributed by atoms with van der Waals surface area (Å²) in [6.07, 6.45) is 1.84. The third-order valence-electron chi connectivity index (χ3n) is 9.40. The van der Waals surface area contributed by atoms with E-state index in [1.165, 1.54) is 38.8 Å². The number of nitrogens with zero attached hydrogens (tertiary/aromatic N) is 2. The van der Waals surface area contributed by atoms with E-state index < -0.39 is 5.41 Å². The monoisotopic (exact) mass is 572 g/mol. The molecule has 6 aromatic carbocycles. The molecule has 0 aliphatic heterocycles. The van der Waals surface area contributed by atoms with Crippen molar-refractivity contribution in [3.63, 3.8) is 0 Å². The van der Waals surface area contributed by atoms with Crippen LogP contribution in [-0.2, 0) is 5.41 Å². The van der Waals surface area contributed by atoms with E-state index in [1.54, 1.807) is 0 Å². The fourth-order valence-electron chi connectivity index (χ4n) is 7.44. The van der Waals surface area contributed by atoms with E-state index in [-0.39, 0.29) is 0 Å². The largest absolute Gasteiger partial charge is 0.256 e. The summed E-state index contributed by atoms with van der Waals surface area (Å²) < 4.78 is 0. The summed E-state index contributed by atoms with van der Waals surface area (Å²) in [6.45, 7) is 0. The molecule has 8 aromatic rings. The van der Waals surface area contributed by atoms with E-state index in [0.717, 1.165) is 38.8 Å². The molecule has 2 nitrogen and oxygen atoms in total. The summed E-state index contributed by atoms with van der Waals surface area (Å²) in [5, 5.41) is 3.53. The smallest absolute Gasteiger partial charge is 0.0788 e. The Morgan fingerprint density at radius 3 is 1.80 bits per heavy atom. The van der Waals surface area contributed by atoms with Gasteiger partial charge >= 0.3 is 0 Å². The van der Waals surface area contributed by atoms with Gasteiger partial charge in [-0.05, 0) is 69.1 Å². The second kappa shape index (κ2) is 10.1. The van der Waals surface area contributed by atoms with Crippen LogP contribution in [0.1, 0.15) is 22.3 Å². The molecule has 2 aromatic heterocycles. The van der Waals surface area contributed by atoms with Gasteiger partial charge in [0.15, 0.2) is 0 Å². The van der Waals surface area contributed by atoms with Crippen LogP contribution in [0.25, 0.3) is 55.3 Å². The van der Waals surface area contributed by atoms with Crippen molar-refractivity contribution in [2.75, 3.05) is 0 Å². The number of pyridine rings is 2. The van der Waals surface area contributed by atoms with Crippen molar-refractivity contribution in [1.29, 1.82) is 0 Å². The molecule has 0 spiro atoms. The number of aromatic nitrogens is 2. The summed E-state index contributed by atoms with van der Waals surface area (Å²) in [5.41, 5.74) is 12.4. The van der Waals surface area contributed by atoms with Gasteiger partial charge in [0, 0.05) is 28.1 Å². The molecule has 45 heavy (non-hydrogen) atoms. The van der Waals surface area contributed by atoms with Crippen LogP contribution in [0.2, 0.25) is 0 Å². The average Bonchev–Trinajstić information content (AvgIpc) is 3.42. The highest BCUT2D eigenvalue weighted by Crippen LogP contribution is 2.57. The zero-order chi connectivity index (χ0) is 29.8. The quantitative estimate of drug-likeness (QED) is 0.196. The van der Waals surface area contributed by atoms with Gasteiger partial charge in [0.2, 0.25) is 0 Å². The Morgan fingerprint density at radius 2 is 1.07 bits per heavy atom. The van der Waals surface area contributed by atoms with Crippen molar-refractivity contribution in [3.05, 3.63) is 192 Å². The van der Waals surface area contributed by atoms with Gasteiger partial charge in [0.1, 0.15) is 0 Å². The number of fused-ring (bicyclic) bond motifs is 6. The molecule has 0 bridgehead atoms. The fourth-order valence-corrected chi connectivity index (χ4v) is 7.44. The van der Waals surface area contributed by atoms with Gasteiger partial charge in [-0.3, -0.25) is 4.98 Å². The van der Waals surface area contributed by atoms with Gasteiger partial charge in [-0.2, -0.15) is 0 Å². The summed E-state index contributed by atoms with van der Waals surface area (Å²) >= 11 is 0. The van der Waals surface area contributed by atoms with Crippen LogP contribution >= 0.6 is 0 Å². The average molecular weight is 573 g/mol. The van der Waals surface area contributed by atoms with Crippen LogP contribution in [0.4, 0.5) is 0 Å². The number of rotatable bonds is 4. The lowest BCUT2D eigenvalue weighted by atomic mass is 9.67. The van der Waals surface area contributed by atoms with E-state index in [0.29, 0.717) is 0 Å². The summed E-state index contributed by atoms with van der Waals surface area (Å²) in [6, 6.07) is 59.0. The van der Waals surface area contributed by atoms with Crippen molar-refractivity contribution < 1.29 is 0 Å². The van der Waals surface area contributed by atoms with Crippen LogP contribution in [0.3, 0.4) is 0 Å². The summed E-state index contributed by atoms with van der Waals surface area (Å²) in [5.74, 6) is 0. The molecule has 0 saturated heterocycles. The third kappa shape index (κ3) is 3.82. The molecule has 0 saturated carbocycles. The molecule has 0 unspecified atom stereocenters. The number of para-hydroxylation sites is 1. The standard InChI is InChI=1S/C43H28N2/c1-3-13-31(14-4-1)43(32-15-5-2-6-16-32)38-19-9-7-17-33(38)36-27-37-35(28-39(36)43)34-18-8-10-21-41(34)45-42(37)30-24-22-29(23-25-30)40-20-11-12-26-44-40/h1-28H. The molecule has 0 amide bonds. The molecule has 2 heteroatoms. The molecule has 1 aliphatic rings. The maximum absolute atomic E-state index is 5.29. The first-order chi connectivity index (χ1) is 22.3. The molecule has 0 fully saturated rings. The molecular weight excluding hydrogens is 544 g/mol. The molecular formula is C43H28N2. The Labute approximate surface area is 262 Å². The van der Waals surface area contributed by atoms with E-state index in [2.05, 4.69) is 151 Å². The SMILES string of the molecule is c1ccc(C2(c3ccccc3)c3ccccc3-c3cc4c(-c5ccc(-c6ccccn6)cc5)nc5ccccc5c4cc32)cc1. The molecule has 210 valence electrons. The first-order valence-electron chi connectivity index (χ1n) is 15.4. The van der Waals surface area contributed by atoms with Crippen LogP contribution in [0, 0.1) is 0 Å². The van der Waals surface area contributed by atoms with E-state index in [1.807, 2.05) is 24.4 Å². The van der Waals surface area contributed by atoms with E-state index >= 15 is 0 Å². The number of benzene rings is 6. The molecule has 0 N–H and O–H groups in total. The number of hydrogen-bond donors (Lipinski definition) is 0. The third-order valence-corrected chi connectivity index (χ3v) is 9.40. The minimum absolute atomic E-state index is 0.447. The van der Waals surface area contributed by atoms with Gasteiger partial charge in [-0.15, -0.1) is 0 Å². The van der Waals surface area contributed by atoms with Crippen LogP contribution in [-0.4, -0.2) is 9.97 Å². The predicted octanol–water partition coefficient (Wildman–Crippen LogP) is 10.5. The summed E-state index contributed by atoms with van der Waals surface area (Å²) in [7, 11) is 0. The normalized spacial score (nSPS) is 13.1. The molecule has 0 atom stereocenters. The molecule has 9 rings (SSSR count). The highest BCUT2D eigenvalue weighted by Gasteiger charge is 2.46. The minimum atomic E-state index is -0.447. The second-order valence-corrected chi connectivity index (χ2v) is 11.7. The van der Waals surface area contributed by atoms with Crippen molar-refractivity contribution in [3.8, 4) is 33.6 Å². The highest BCUT2D eigenvalue weighted by molar-refractivity contribution is 6.13. The zero-order valence-electron chi connectivity index (χ0n) is 24.6. The van der Waals surface area contributed by atoms with Crippen molar-refractivity contribution >= 4 is 21.7 Å². The Balaban J connectivity index is 1.37. The van der Waals surface area contributed by atoms with Gasteiger partial charge in [-0.25, -0.2) is 4.98 Å². The van der Waals surface area contributed by atoms with E-state index in [9.17, 15) is 0 Å². The molecule has 2 heterocycles. The summed E-state index contributed by atoms with van der Waals surface area (Å²) in [4.78, 5) is 9.85. The topological polar surface area (TPSA) is 25.8 Å². The van der Waals surface area contributed by atoms with Crippen molar-refractivity contribution in [2.45, 2.75) is 5.41 Å². The maximum Gasteiger partial charge on any atom is 0.0788 e. The predicted molar refractivity (Wildman–Crippen MR) is 185 cm³/mol. The fraction of sp³-hybridized carbons (Fsp3) is 0.0233. The number of hydrogen-bond acceptors (Lipinski definition) is 2. The lowest BCUT2D eigenvalue weighted by Crippen LogP contribution is -2.28. The van der Waals surface area contributed by atoms with Crippen LogP contribution in [0.15, 0.2) is 170 Å². The van der Waals surface area contributed by atoms with Gasteiger partial charge in [0.25, 0.3) is 0 Å². The molecule has 1 aliphatic carbocycles. The first-order valence-corrected chi connectivity index (χ1v) is 15.4. The zero-order valence-corrected chi connectivity index (χ0v) is 24.6. The Hall–Kier alpha value is -5.86. The van der Waals surface area contributed by atoms with Crippen LogP contribution in [0.5, 0.6) is 0 Å². The Bertz CT molecular complexity index is 2300. The first kappa shape index (κ1) is 25.6. The van der Waals surface area contributed by atoms with Crippen LogP contribution < -0.4 is 0 Å². The molecule has 0 radical (unpaired) electrons. The van der Waals surface area contributed by atoms with E-state index in [4.69, 9.17) is 4.98 Å². The second-order valence-electron chi connectivity index (χ2n) is 11.7. The lowest BCUT2D eigenvalue weighted by Gasteiger charge is -2.34. The Morgan fingerprint density at radius 1 is 0.422 bits per heavy atom. The minimum Gasteiger partial charge on any atom is -0.256 e. The van der Waals surface area contributed by atoms with Gasteiger partial charge < -0.3 is 0 Å². The van der Waals surface area contributed by atoms with Crippen molar-refractivity contribution in [1.82, 2.24) is 9.97 Å². The van der Waals surface area contributed by atoms with Gasteiger partial charge in [-0.1, -0.05) is 133 Å². The van der Waals surface area contributed by atoms with Gasteiger partial charge in [0.05, 0.1) is 22.3 Å². The maximum atomic E-state index is 5.29. The Kier molecular flexibility index (Phi) is 5.76. The highest BCUT2D eigenvalue weighted by atomic mass is 14.7. The lowest BCUT2D eigenvalue weighted by molar-refractivity contribution is 0.769.